The summed E-state index contributed by atoms with van der Waals surface area (Å²) in [4.78, 5) is 17.4. The van der Waals surface area contributed by atoms with Gasteiger partial charge < -0.3 is 18.9 Å². The molecule has 2 unspecified atom stereocenters. The second kappa shape index (κ2) is 10.8. The van der Waals surface area contributed by atoms with E-state index in [0.29, 0.717) is 25.0 Å². The van der Waals surface area contributed by atoms with Gasteiger partial charge in [-0.25, -0.2) is 0 Å². The second-order valence-electron chi connectivity index (χ2n) is 8.88. The van der Waals surface area contributed by atoms with Crippen LogP contribution in [0.25, 0.3) is 0 Å². The van der Waals surface area contributed by atoms with Crippen molar-refractivity contribution in [2.24, 2.45) is 18.9 Å². The standard InChI is InChI=1S/C25H37N3O3/c1-19(2)25(29)28(12-13-30-4)16-21-15-27(17-22-9-7-11-26(22)3)18-24(21)20-8-6-10-23(14-20)31-5/h6-11,14,19,21,24H,12-13,15-18H2,1-5H3. The lowest BCUT2D eigenvalue weighted by Gasteiger charge is -2.30. The van der Waals surface area contributed by atoms with Crippen molar-refractivity contribution in [3.05, 3.63) is 53.9 Å². The van der Waals surface area contributed by atoms with Crippen LogP contribution in [0.15, 0.2) is 42.6 Å². The van der Waals surface area contributed by atoms with E-state index in [4.69, 9.17) is 9.47 Å². The van der Waals surface area contributed by atoms with Crippen molar-refractivity contribution < 1.29 is 14.3 Å². The molecule has 0 bridgehead atoms. The molecule has 1 fully saturated rings. The van der Waals surface area contributed by atoms with Gasteiger partial charge >= 0.3 is 0 Å². The van der Waals surface area contributed by atoms with Gasteiger partial charge in [0, 0.05) is 70.6 Å². The molecule has 2 heterocycles. The number of hydrogen-bond donors (Lipinski definition) is 0. The predicted octanol–water partition coefficient (Wildman–Crippen LogP) is 3.38. The molecule has 3 rings (SSSR count). The van der Waals surface area contributed by atoms with Crippen LogP contribution in [0.5, 0.6) is 5.75 Å². The lowest BCUT2D eigenvalue weighted by molar-refractivity contribution is -0.135. The fourth-order valence-corrected chi connectivity index (χ4v) is 4.56. The number of likely N-dealkylation sites (tertiary alicyclic amines) is 1. The summed E-state index contributed by atoms with van der Waals surface area (Å²) in [6.45, 7) is 8.71. The fourth-order valence-electron chi connectivity index (χ4n) is 4.56. The number of nitrogens with zero attached hydrogens (tertiary/aromatic N) is 3. The molecule has 6 heteroatoms. The Morgan fingerprint density at radius 2 is 2.00 bits per heavy atom. The number of aryl methyl sites for hydroxylation is 1. The topological polar surface area (TPSA) is 46.9 Å². The van der Waals surface area contributed by atoms with Crippen molar-refractivity contribution in [2.45, 2.75) is 26.3 Å². The normalized spacial score (nSPS) is 19.2. The van der Waals surface area contributed by atoms with E-state index in [1.54, 1.807) is 14.2 Å². The summed E-state index contributed by atoms with van der Waals surface area (Å²) in [5, 5.41) is 0. The van der Waals surface area contributed by atoms with Crippen LogP contribution < -0.4 is 4.74 Å². The Morgan fingerprint density at radius 1 is 1.19 bits per heavy atom. The summed E-state index contributed by atoms with van der Waals surface area (Å²) in [6, 6.07) is 12.7. The summed E-state index contributed by atoms with van der Waals surface area (Å²) in [6.07, 6.45) is 2.09. The Balaban J connectivity index is 1.83. The largest absolute Gasteiger partial charge is 0.497 e. The molecule has 170 valence electrons. The van der Waals surface area contributed by atoms with Crippen LogP contribution in [0.2, 0.25) is 0 Å². The van der Waals surface area contributed by atoms with Crippen molar-refractivity contribution in [3.63, 3.8) is 0 Å². The molecule has 0 radical (unpaired) electrons. The minimum Gasteiger partial charge on any atom is -0.497 e. The Hall–Kier alpha value is -2.31. The molecule has 0 spiro atoms. The molecule has 6 nitrogen and oxygen atoms in total. The lowest BCUT2D eigenvalue weighted by Crippen LogP contribution is -2.41. The van der Waals surface area contributed by atoms with Gasteiger partial charge in [-0.3, -0.25) is 9.69 Å². The third-order valence-electron chi connectivity index (χ3n) is 6.30. The third kappa shape index (κ3) is 5.89. The zero-order chi connectivity index (χ0) is 22.4. The SMILES string of the molecule is COCCN(CC1CN(Cc2cccn2C)CC1c1cccc(OC)c1)C(=O)C(C)C. The first kappa shape index (κ1) is 23.4. The van der Waals surface area contributed by atoms with Gasteiger partial charge in [0.05, 0.1) is 13.7 Å². The number of rotatable bonds is 10. The Morgan fingerprint density at radius 3 is 2.65 bits per heavy atom. The molecule has 1 aromatic heterocycles. The quantitative estimate of drug-likeness (QED) is 0.583. The minimum atomic E-state index is -0.0204. The molecule has 1 saturated heterocycles. The van der Waals surface area contributed by atoms with Crippen LogP contribution in [0, 0.1) is 11.8 Å². The van der Waals surface area contributed by atoms with E-state index in [1.807, 2.05) is 24.8 Å². The number of carbonyl (C=O) groups excluding carboxylic acids is 1. The highest BCUT2D eigenvalue weighted by Crippen LogP contribution is 2.35. The molecule has 0 aliphatic carbocycles. The zero-order valence-electron chi connectivity index (χ0n) is 19.6. The van der Waals surface area contributed by atoms with Gasteiger partial charge in [-0.1, -0.05) is 26.0 Å². The molecule has 1 amide bonds. The molecule has 2 aromatic rings. The van der Waals surface area contributed by atoms with Gasteiger partial charge in [0.2, 0.25) is 5.91 Å². The first-order chi connectivity index (χ1) is 14.9. The summed E-state index contributed by atoms with van der Waals surface area (Å²) >= 11 is 0. The van der Waals surface area contributed by atoms with Crippen LogP contribution in [0.1, 0.15) is 31.0 Å². The number of aromatic nitrogens is 1. The fraction of sp³-hybridized carbons (Fsp3) is 0.560. The second-order valence-corrected chi connectivity index (χ2v) is 8.88. The van der Waals surface area contributed by atoms with Gasteiger partial charge in [0.25, 0.3) is 0 Å². The number of benzene rings is 1. The van der Waals surface area contributed by atoms with E-state index in [1.165, 1.54) is 11.3 Å². The highest BCUT2D eigenvalue weighted by molar-refractivity contribution is 5.78. The molecule has 1 aliphatic rings. The average Bonchev–Trinajstić information content (AvgIpc) is 3.36. The lowest BCUT2D eigenvalue weighted by atomic mass is 9.88. The molecule has 1 aliphatic heterocycles. The Labute approximate surface area is 186 Å². The van der Waals surface area contributed by atoms with Gasteiger partial charge in [-0.15, -0.1) is 0 Å². The highest BCUT2D eigenvalue weighted by atomic mass is 16.5. The van der Waals surface area contributed by atoms with Gasteiger partial charge in [-0.05, 0) is 35.7 Å². The van der Waals surface area contributed by atoms with E-state index in [9.17, 15) is 4.79 Å². The van der Waals surface area contributed by atoms with Crippen LogP contribution >= 0.6 is 0 Å². The van der Waals surface area contributed by atoms with E-state index in [-0.39, 0.29) is 11.8 Å². The van der Waals surface area contributed by atoms with Crippen molar-refractivity contribution in [1.82, 2.24) is 14.4 Å². The van der Waals surface area contributed by atoms with Crippen LogP contribution in [-0.4, -0.2) is 67.3 Å². The maximum Gasteiger partial charge on any atom is 0.225 e. The zero-order valence-corrected chi connectivity index (χ0v) is 19.6. The smallest absolute Gasteiger partial charge is 0.225 e. The van der Waals surface area contributed by atoms with Crippen molar-refractivity contribution in [3.8, 4) is 5.75 Å². The first-order valence-corrected chi connectivity index (χ1v) is 11.2. The van der Waals surface area contributed by atoms with Crippen molar-refractivity contribution in [1.29, 1.82) is 0 Å². The van der Waals surface area contributed by atoms with Crippen LogP contribution in [0.3, 0.4) is 0 Å². The summed E-state index contributed by atoms with van der Waals surface area (Å²) in [7, 11) is 5.49. The van der Waals surface area contributed by atoms with Gasteiger partial charge in [0.15, 0.2) is 0 Å². The molecule has 0 saturated carbocycles. The average molecular weight is 428 g/mol. The third-order valence-corrected chi connectivity index (χ3v) is 6.30. The molecule has 0 N–H and O–H groups in total. The predicted molar refractivity (Wildman–Crippen MR) is 123 cm³/mol. The number of methoxy groups -OCH3 is 2. The monoisotopic (exact) mass is 427 g/mol. The first-order valence-electron chi connectivity index (χ1n) is 11.2. The minimum absolute atomic E-state index is 0.0204. The van der Waals surface area contributed by atoms with E-state index >= 15 is 0 Å². The van der Waals surface area contributed by atoms with E-state index in [2.05, 4.69) is 53.0 Å². The summed E-state index contributed by atoms with van der Waals surface area (Å²) in [5.41, 5.74) is 2.59. The molecular weight excluding hydrogens is 390 g/mol. The van der Waals surface area contributed by atoms with Crippen molar-refractivity contribution in [2.75, 3.05) is 47.0 Å². The molecule has 1 aromatic carbocycles. The summed E-state index contributed by atoms with van der Waals surface area (Å²) < 4.78 is 13.0. The van der Waals surface area contributed by atoms with Crippen LogP contribution in [0.4, 0.5) is 0 Å². The number of hydrogen-bond acceptors (Lipinski definition) is 4. The highest BCUT2D eigenvalue weighted by Gasteiger charge is 2.36. The van der Waals surface area contributed by atoms with Gasteiger partial charge in [-0.2, -0.15) is 0 Å². The van der Waals surface area contributed by atoms with Crippen LogP contribution in [-0.2, 0) is 23.1 Å². The number of carbonyl (C=O) groups is 1. The Bertz CT molecular complexity index is 848. The summed E-state index contributed by atoms with van der Waals surface area (Å²) in [5.74, 6) is 1.76. The molecule has 31 heavy (non-hydrogen) atoms. The maximum atomic E-state index is 12.9. The maximum absolute atomic E-state index is 12.9. The van der Waals surface area contributed by atoms with E-state index in [0.717, 1.165) is 31.9 Å². The van der Waals surface area contributed by atoms with E-state index < -0.39 is 0 Å². The molecule has 2 atom stereocenters. The van der Waals surface area contributed by atoms with Crippen molar-refractivity contribution >= 4 is 5.91 Å². The number of amides is 1. The van der Waals surface area contributed by atoms with Gasteiger partial charge in [0.1, 0.15) is 5.75 Å². The Kier molecular flexibility index (Phi) is 8.15. The molecular formula is C25H37N3O3. The number of ether oxygens (including phenoxy) is 2.